The van der Waals surface area contributed by atoms with E-state index in [1.54, 1.807) is 11.8 Å². The van der Waals surface area contributed by atoms with E-state index in [0.29, 0.717) is 17.4 Å². The van der Waals surface area contributed by atoms with Gasteiger partial charge in [-0.2, -0.15) is 0 Å². The highest BCUT2D eigenvalue weighted by molar-refractivity contribution is 7.99. The van der Waals surface area contributed by atoms with Gasteiger partial charge in [-0.1, -0.05) is 35.5 Å². The predicted octanol–water partition coefficient (Wildman–Crippen LogP) is 3.97. The maximum absolute atomic E-state index is 6.03. The van der Waals surface area contributed by atoms with Crippen LogP contribution in [0.5, 0.6) is 5.75 Å². The van der Waals surface area contributed by atoms with E-state index in [4.69, 9.17) is 22.1 Å². The Morgan fingerprint density at radius 2 is 2.10 bits per heavy atom. The van der Waals surface area contributed by atoms with E-state index < -0.39 is 0 Å². The van der Waals surface area contributed by atoms with Crippen LogP contribution in [0.25, 0.3) is 11.0 Å². The van der Waals surface area contributed by atoms with Gasteiger partial charge in [0.25, 0.3) is 0 Å². The molecular formula is C15H14ClN3OS. The number of nitrogen functional groups attached to an aromatic ring is 1. The van der Waals surface area contributed by atoms with Crippen molar-refractivity contribution in [2.24, 2.45) is 0 Å². The standard InChI is InChI=1S/C15H14ClN3OS/c16-11-3-1-2-4-14(11)20-7-8-21-15-18-12-6-5-10(17)9-13(12)19-15/h1-6,9H,7-8,17H2,(H,18,19). The third-order valence-electron chi connectivity index (χ3n) is 2.90. The first-order chi connectivity index (χ1) is 10.2. The number of thioether (sulfide) groups is 1. The van der Waals surface area contributed by atoms with Crippen LogP contribution in [-0.4, -0.2) is 22.3 Å². The van der Waals surface area contributed by atoms with Crippen molar-refractivity contribution in [3.05, 3.63) is 47.5 Å². The molecule has 0 atom stereocenters. The average Bonchev–Trinajstić information content (AvgIpc) is 2.87. The second-order valence-corrected chi connectivity index (χ2v) is 5.94. The normalized spacial score (nSPS) is 10.9. The van der Waals surface area contributed by atoms with Gasteiger partial charge >= 0.3 is 0 Å². The minimum atomic E-state index is 0.563. The number of para-hydroxylation sites is 1. The number of hydrogen-bond acceptors (Lipinski definition) is 4. The highest BCUT2D eigenvalue weighted by Gasteiger charge is 2.04. The molecule has 0 aliphatic rings. The number of hydrogen-bond donors (Lipinski definition) is 2. The summed E-state index contributed by atoms with van der Waals surface area (Å²) in [5, 5.41) is 1.49. The summed E-state index contributed by atoms with van der Waals surface area (Å²) in [7, 11) is 0. The number of nitrogens with zero attached hydrogens (tertiary/aromatic N) is 1. The van der Waals surface area contributed by atoms with Crippen LogP contribution in [0.15, 0.2) is 47.6 Å². The van der Waals surface area contributed by atoms with Gasteiger partial charge in [0.1, 0.15) is 5.75 Å². The molecule has 0 radical (unpaired) electrons. The van der Waals surface area contributed by atoms with Crippen LogP contribution >= 0.6 is 23.4 Å². The molecule has 3 rings (SSSR count). The van der Waals surface area contributed by atoms with Gasteiger partial charge < -0.3 is 15.5 Å². The van der Waals surface area contributed by atoms with Crippen LogP contribution in [0.3, 0.4) is 0 Å². The molecular weight excluding hydrogens is 306 g/mol. The average molecular weight is 320 g/mol. The highest BCUT2D eigenvalue weighted by atomic mass is 35.5. The van der Waals surface area contributed by atoms with Crippen molar-refractivity contribution in [2.45, 2.75) is 5.16 Å². The summed E-state index contributed by atoms with van der Waals surface area (Å²) in [6.45, 7) is 0.563. The fraction of sp³-hybridized carbons (Fsp3) is 0.133. The fourth-order valence-electron chi connectivity index (χ4n) is 1.92. The topological polar surface area (TPSA) is 63.9 Å². The van der Waals surface area contributed by atoms with E-state index in [-0.39, 0.29) is 0 Å². The highest BCUT2D eigenvalue weighted by Crippen LogP contribution is 2.24. The van der Waals surface area contributed by atoms with Crippen molar-refractivity contribution in [1.29, 1.82) is 0 Å². The Morgan fingerprint density at radius 3 is 2.95 bits per heavy atom. The molecule has 6 heteroatoms. The quantitative estimate of drug-likeness (QED) is 0.424. The zero-order valence-electron chi connectivity index (χ0n) is 11.2. The molecule has 1 aromatic heterocycles. The second-order valence-electron chi connectivity index (χ2n) is 4.45. The molecule has 0 unspecified atom stereocenters. The lowest BCUT2D eigenvalue weighted by Crippen LogP contribution is -2.00. The van der Waals surface area contributed by atoms with Gasteiger partial charge in [-0.15, -0.1) is 0 Å². The number of benzene rings is 2. The molecule has 0 spiro atoms. The van der Waals surface area contributed by atoms with E-state index in [1.165, 1.54) is 0 Å². The maximum Gasteiger partial charge on any atom is 0.166 e. The van der Waals surface area contributed by atoms with Crippen LogP contribution in [-0.2, 0) is 0 Å². The number of nitrogens with two attached hydrogens (primary N) is 1. The summed E-state index contributed by atoms with van der Waals surface area (Å²) in [6.07, 6.45) is 0. The molecule has 3 aromatic rings. The number of imidazole rings is 1. The van der Waals surface area contributed by atoms with Crippen molar-refractivity contribution in [2.75, 3.05) is 18.1 Å². The van der Waals surface area contributed by atoms with Gasteiger partial charge in [0.05, 0.1) is 22.7 Å². The lowest BCUT2D eigenvalue weighted by molar-refractivity contribution is 0.344. The molecule has 0 aliphatic carbocycles. The largest absolute Gasteiger partial charge is 0.491 e. The number of nitrogens with one attached hydrogen (secondary N) is 1. The zero-order chi connectivity index (χ0) is 14.7. The molecule has 0 aliphatic heterocycles. The van der Waals surface area contributed by atoms with Gasteiger partial charge in [0.15, 0.2) is 5.16 Å². The third-order valence-corrected chi connectivity index (χ3v) is 4.05. The Bertz CT molecular complexity index is 760. The lowest BCUT2D eigenvalue weighted by atomic mass is 10.3. The first-order valence-corrected chi connectivity index (χ1v) is 7.84. The van der Waals surface area contributed by atoms with Crippen molar-refractivity contribution in [1.82, 2.24) is 9.97 Å². The van der Waals surface area contributed by atoms with Gasteiger partial charge in [0.2, 0.25) is 0 Å². The maximum atomic E-state index is 6.03. The molecule has 21 heavy (non-hydrogen) atoms. The first kappa shape index (κ1) is 14.1. The monoisotopic (exact) mass is 319 g/mol. The van der Waals surface area contributed by atoms with E-state index >= 15 is 0 Å². The number of H-pyrrole nitrogens is 1. The molecule has 2 aromatic carbocycles. The predicted molar refractivity (Wildman–Crippen MR) is 88.2 cm³/mol. The molecule has 4 nitrogen and oxygen atoms in total. The molecule has 0 saturated carbocycles. The second kappa shape index (κ2) is 6.28. The zero-order valence-corrected chi connectivity index (χ0v) is 12.7. The first-order valence-electron chi connectivity index (χ1n) is 6.48. The van der Waals surface area contributed by atoms with E-state index in [9.17, 15) is 0 Å². The summed E-state index contributed by atoms with van der Waals surface area (Å²) in [5.41, 5.74) is 8.34. The Morgan fingerprint density at radius 1 is 1.24 bits per heavy atom. The number of fused-ring (bicyclic) bond motifs is 1. The molecule has 0 bridgehead atoms. The number of aromatic nitrogens is 2. The van der Waals surface area contributed by atoms with Gasteiger partial charge in [-0.25, -0.2) is 4.98 Å². The minimum absolute atomic E-state index is 0.563. The number of aromatic amines is 1. The summed E-state index contributed by atoms with van der Waals surface area (Å²) >= 11 is 7.63. The van der Waals surface area contributed by atoms with Gasteiger partial charge in [-0.3, -0.25) is 0 Å². The Balaban J connectivity index is 1.56. The van der Waals surface area contributed by atoms with Crippen molar-refractivity contribution < 1.29 is 4.74 Å². The van der Waals surface area contributed by atoms with Crippen LogP contribution < -0.4 is 10.5 Å². The van der Waals surface area contributed by atoms with E-state index in [0.717, 1.165) is 27.6 Å². The number of rotatable bonds is 5. The number of halogens is 1. The van der Waals surface area contributed by atoms with Crippen LogP contribution in [0.2, 0.25) is 5.02 Å². The van der Waals surface area contributed by atoms with Crippen LogP contribution in [0.4, 0.5) is 5.69 Å². The summed E-state index contributed by atoms with van der Waals surface area (Å²) < 4.78 is 5.64. The van der Waals surface area contributed by atoms with Gasteiger partial charge in [0, 0.05) is 11.4 Å². The molecule has 0 fully saturated rings. The van der Waals surface area contributed by atoms with Crippen molar-refractivity contribution in [3.8, 4) is 5.75 Å². The minimum Gasteiger partial charge on any atom is -0.491 e. The molecule has 0 saturated heterocycles. The molecule has 3 N–H and O–H groups in total. The number of ether oxygens (including phenoxy) is 1. The Hall–Kier alpha value is -1.85. The molecule has 0 amide bonds. The summed E-state index contributed by atoms with van der Waals surface area (Å²) in [4.78, 5) is 7.72. The third kappa shape index (κ3) is 3.43. The van der Waals surface area contributed by atoms with Crippen molar-refractivity contribution in [3.63, 3.8) is 0 Å². The smallest absolute Gasteiger partial charge is 0.166 e. The number of anilines is 1. The van der Waals surface area contributed by atoms with Gasteiger partial charge in [-0.05, 0) is 30.3 Å². The van der Waals surface area contributed by atoms with Crippen LogP contribution in [0.1, 0.15) is 0 Å². The summed E-state index contributed by atoms with van der Waals surface area (Å²) in [5.74, 6) is 1.48. The molecule has 108 valence electrons. The fourth-order valence-corrected chi connectivity index (χ4v) is 2.82. The van der Waals surface area contributed by atoms with E-state index in [2.05, 4.69) is 9.97 Å². The summed E-state index contributed by atoms with van der Waals surface area (Å²) in [6, 6.07) is 13.1. The van der Waals surface area contributed by atoms with Crippen molar-refractivity contribution >= 4 is 40.1 Å². The van der Waals surface area contributed by atoms with E-state index in [1.807, 2.05) is 42.5 Å². The van der Waals surface area contributed by atoms with Crippen LogP contribution in [0, 0.1) is 0 Å². The lowest BCUT2D eigenvalue weighted by Gasteiger charge is -2.06. The Kier molecular flexibility index (Phi) is 4.22. The molecule has 1 heterocycles. The SMILES string of the molecule is Nc1ccc2nc(SCCOc3ccccc3Cl)[nH]c2c1. The Labute approximate surface area is 131 Å².